The highest BCUT2D eigenvalue weighted by molar-refractivity contribution is 5.84. The molecule has 0 aliphatic heterocycles. The Morgan fingerprint density at radius 1 is 1.00 bits per heavy atom. The molecule has 0 saturated carbocycles. The molecule has 0 spiro atoms. The number of rotatable bonds is 0. The first kappa shape index (κ1) is 10.8. The molecule has 0 aliphatic carbocycles. The molecule has 2 aromatic rings. The van der Waals surface area contributed by atoms with Gasteiger partial charge in [0, 0.05) is 24.1 Å². The molecule has 0 atom stereocenters. The van der Waals surface area contributed by atoms with Crippen LogP contribution in [0.1, 0.15) is 25.0 Å². The van der Waals surface area contributed by atoms with E-state index in [9.17, 15) is 0 Å². The van der Waals surface area contributed by atoms with E-state index in [4.69, 9.17) is 0 Å². The minimum Gasteiger partial charge on any atom is -0.351 e. The molecule has 0 radical (unpaired) electrons. The molecule has 0 amide bonds. The molecule has 1 heterocycles. The van der Waals surface area contributed by atoms with Gasteiger partial charge in [0.15, 0.2) is 0 Å². The summed E-state index contributed by atoms with van der Waals surface area (Å²) in [5.41, 5.74) is 4.08. The molecule has 0 saturated heterocycles. The van der Waals surface area contributed by atoms with Crippen LogP contribution >= 0.6 is 0 Å². The lowest BCUT2D eigenvalue weighted by molar-refractivity contribution is 0.969. The SMILES string of the molecule is CC.Cc1ccc2c(ccn2C)c1C. The van der Waals surface area contributed by atoms with Crippen molar-refractivity contribution in [2.75, 3.05) is 0 Å². The van der Waals surface area contributed by atoms with Crippen LogP contribution in [-0.2, 0) is 7.05 Å². The number of hydrogen-bond donors (Lipinski definition) is 0. The standard InChI is InChI=1S/C11H13N.C2H6/c1-8-4-5-11-10(9(8)2)6-7-12(11)3;1-2/h4-7H,1-3H3;1-2H3. The van der Waals surface area contributed by atoms with Crippen LogP contribution < -0.4 is 0 Å². The topological polar surface area (TPSA) is 4.93 Å². The molecule has 0 unspecified atom stereocenters. The van der Waals surface area contributed by atoms with Crippen molar-refractivity contribution in [1.82, 2.24) is 4.57 Å². The molecule has 14 heavy (non-hydrogen) atoms. The molecule has 0 N–H and O–H groups in total. The number of aromatic nitrogens is 1. The van der Waals surface area contributed by atoms with E-state index in [1.54, 1.807) is 0 Å². The van der Waals surface area contributed by atoms with Crippen molar-refractivity contribution in [3.05, 3.63) is 35.5 Å². The Labute approximate surface area is 86.4 Å². The molecular formula is C13H19N. The Morgan fingerprint density at radius 3 is 2.29 bits per heavy atom. The van der Waals surface area contributed by atoms with Crippen molar-refractivity contribution in [2.45, 2.75) is 27.7 Å². The lowest BCUT2D eigenvalue weighted by Gasteiger charge is -2.02. The second-order valence-electron chi connectivity index (χ2n) is 3.37. The van der Waals surface area contributed by atoms with E-state index in [0.717, 1.165) is 0 Å². The van der Waals surface area contributed by atoms with E-state index >= 15 is 0 Å². The van der Waals surface area contributed by atoms with E-state index in [1.807, 2.05) is 13.8 Å². The largest absolute Gasteiger partial charge is 0.351 e. The fourth-order valence-corrected chi connectivity index (χ4v) is 1.61. The highest BCUT2D eigenvalue weighted by atomic mass is 14.9. The molecule has 2 rings (SSSR count). The average Bonchev–Trinajstić information content (AvgIpc) is 2.58. The van der Waals surface area contributed by atoms with Crippen molar-refractivity contribution < 1.29 is 0 Å². The van der Waals surface area contributed by atoms with E-state index in [1.165, 1.54) is 22.0 Å². The summed E-state index contributed by atoms with van der Waals surface area (Å²) in [5.74, 6) is 0. The Balaban J connectivity index is 0.000000461. The van der Waals surface area contributed by atoms with Crippen LogP contribution in [0.15, 0.2) is 24.4 Å². The lowest BCUT2D eigenvalue weighted by atomic mass is 10.1. The summed E-state index contributed by atoms with van der Waals surface area (Å²) in [4.78, 5) is 0. The number of benzene rings is 1. The molecule has 0 fully saturated rings. The van der Waals surface area contributed by atoms with Gasteiger partial charge in [0.25, 0.3) is 0 Å². The van der Waals surface area contributed by atoms with Crippen LogP contribution in [0.4, 0.5) is 0 Å². The van der Waals surface area contributed by atoms with Crippen LogP contribution in [0.5, 0.6) is 0 Å². The average molecular weight is 189 g/mol. The van der Waals surface area contributed by atoms with E-state index < -0.39 is 0 Å². The van der Waals surface area contributed by atoms with Crippen LogP contribution in [-0.4, -0.2) is 4.57 Å². The third-order valence-electron chi connectivity index (χ3n) is 2.61. The first-order chi connectivity index (χ1) is 6.70. The van der Waals surface area contributed by atoms with Gasteiger partial charge in [-0.25, -0.2) is 0 Å². The van der Waals surface area contributed by atoms with Crippen LogP contribution in [0.25, 0.3) is 10.9 Å². The van der Waals surface area contributed by atoms with Gasteiger partial charge in [-0.3, -0.25) is 0 Å². The summed E-state index contributed by atoms with van der Waals surface area (Å²) in [6.45, 7) is 8.33. The Morgan fingerprint density at radius 2 is 1.64 bits per heavy atom. The van der Waals surface area contributed by atoms with Gasteiger partial charge in [0.05, 0.1) is 0 Å². The van der Waals surface area contributed by atoms with Gasteiger partial charge in [-0.15, -0.1) is 0 Å². The fourth-order valence-electron chi connectivity index (χ4n) is 1.61. The van der Waals surface area contributed by atoms with Gasteiger partial charge in [0.2, 0.25) is 0 Å². The van der Waals surface area contributed by atoms with E-state index in [-0.39, 0.29) is 0 Å². The monoisotopic (exact) mass is 189 g/mol. The van der Waals surface area contributed by atoms with Crippen LogP contribution in [0.3, 0.4) is 0 Å². The third-order valence-corrected chi connectivity index (χ3v) is 2.61. The summed E-state index contributed by atoms with van der Waals surface area (Å²) in [7, 11) is 2.08. The number of aryl methyl sites for hydroxylation is 3. The summed E-state index contributed by atoms with van der Waals surface area (Å²) in [5, 5.41) is 1.37. The zero-order valence-corrected chi connectivity index (χ0v) is 9.76. The first-order valence-electron chi connectivity index (χ1n) is 5.21. The van der Waals surface area contributed by atoms with Gasteiger partial charge in [0.1, 0.15) is 0 Å². The predicted molar refractivity (Wildman–Crippen MR) is 63.7 cm³/mol. The minimum atomic E-state index is 1.32. The summed E-state index contributed by atoms with van der Waals surface area (Å²) < 4.78 is 2.15. The van der Waals surface area contributed by atoms with Crippen molar-refractivity contribution in [2.24, 2.45) is 7.05 Å². The van der Waals surface area contributed by atoms with Crippen LogP contribution in [0.2, 0.25) is 0 Å². The third kappa shape index (κ3) is 1.67. The zero-order chi connectivity index (χ0) is 10.7. The zero-order valence-electron chi connectivity index (χ0n) is 9.76. The molecule has 1 nitrogen and oxygen atoms in total. The van der Waals surface area contributed by atoms with Crippen molar-refractivity contribution in [1.29, 1.82) is 0 Å². The van der Waals surface area contributed by atoms with E-state index in [2.05, 4.69) is 49.9 Å². The minimum absolute atomic E-state index is 1.32. The lowest BCUT2D eigenvalue weighted by Crippen LogP contribution is -1.86. The smallest absolute Gasteiger partial charge is 0.0480 e. The van der Waals surface area contributed by atoms with Gasteiger partial charge < -0.3 is 4.57 Å². The molecule has 0 aliphatic rings. The van der Waals surface area contributed by atoms with Crippen molar-refractivity contribution in [3.63, 3.8) is 0 Å². The Hall–Kier alpha value is -1.24. The predicted octanol–water partition coefficient (Wildman–Crippen LogP) is 3.82. The van der Waals surface area contributed by atoms with Crippen molar-refractivity contribution >= 4 is 10.9 Å². The summed E-state index contributed by atoms with van der Waals surface area (Å²) >= 11 is 0. The highest BCUT2D eigenvalue weighted by Crippen LogP contribution is 2.21. The summed E-state index contributed by atoms with van der Waals surface area (Å²) in [6.07, 6.45) is 2.11. The normalized spacial score (nSPS) is 9.79. The van der Waals surface area contributed by atoms with Gasteiger partial charge in [-0.1, -0.05) is 19.9 Å². The second kappa shape index (κ2) is 4.32. The molecule has 1 aromatic heterocycles. The van der Waals surface area contributed by atoms with Gasteiger partial charge >= 0.3 is 0 Å². The summed E-state index contributed by atoms with van der Waals surface area (Å²) in [6, 6.07) is 6.53. The maximum absolute atomic E-state index is 2.18. The number of fused-ring (bicyclic) bond motifs is 1. The van der Waals surface area contributed by atoms with Crippen molar-refractivity contribution in [3.8, 4) is 0 Å². The number of nitrogens with zero attached hydrogens (tertiary/aromatic N) is 1. The maximum atomic E-state index is 2.18. The van der Waals surface area contributed by atoms with Gasteiger partial charge in [-0.2, -0.15) is 0 Å². The van der Waals surface area contributed by atoms with Gasteiger partial charge in [-0.05, 0) is 37.1 Å². The first-order valence-corrected chi connectivity index (χ1v) is 5.21. The molecule has 76 valence electrons. The maximum Gasteiger partial charge on any atom is 0.0480 e. The molecule has 1 heteroatoms. The second-order valence-corrected chi connectivity index (χ2v) is 3.37. The Bertz CT molecular complexity index is 424. The molecule has 1 aromatic carbocycles. The number of hydrogen-bond acceptors (Lipinski definition) is 0. The Kier molecular flexibility index (Phi) is 3.34. The fraction of sp³-hybridized carbons (Fsp3) is 0.385. The van der Waals surface area contributed by atoms with Crippen LogP contribution in [0, 0.1) is 13.8 Å². The highest BCUT2D eigenvalue weighted by Gasteiger charge is 2.01. The molecular weight excluding hydrogens is 170 g/mol. The van der Waals surface area contributed by atoms with E-state index in [0.29, 0.717) is 0 Å². The molecule has 0 bridgehead atoms. The quantitative estimate of drug-likeness (QED) is 0.593.